The molecule has 4 aromatic carbocycles. The highest BCUT2D eigenvalue weighted by Crippen LogP contribution is 2.43. The summed E-state index contributed by atoms with van der Waals surface area (Å²) in [7, 11) is -0.830. The van der Waals surface area contributed by atoms with Gasteiger partial charge in [0.1, 0.15) is 12.0 Å². The number of hydrogen-bond acceptors (Lipinski definition) is 3. The molecule has 2 nitrogen and oxygen atoms in total. The summed E-state index contributed by atoms with van der Waals surface area (Å²) in [6.45, 7) is 2.24. The Labute approximate surface area is 223 Å². The van der Waals surface area contributed by atoms with E-state index in [0.29, 0.717) is 0 Å². The number of halogens is 1. The van der Waals surface area contributed by atoms with Crippen molar-refractivity contribution in [2.75, 3.05) is 5.75 Å². The molecule has 1 aromatic heterocycles. The van der Waals surface area contributed by atoms with E-state index < -0.39 is 7.92 Å². The number of benzene rings is 4. The third-order valence-electron chi connectivity index (χ3n) is 5.97. The average molecular weight is 528 g/mol. The first-order valence-corrected chi connectivity index (χ1v) is 14.8. The van der Waals surface area contributed by atoms with Crippen molar-refractivity contribution in [1.29, 1.82) is 0 Å². The van der Waals surface area contributed by atoms with Gasteiger partial charge in [0.2, 0.25) is 0 Å². The fraction of sp³-hybridized carbons (Fsp3) is 0.129. The largest absolute Gasteiger partial charge is 0.451 e. The Morgan fingerprint density at radius 1 is 0.861 bits per heavy atom. The molecule has 0 spiro atoms. The second-order valence-electron chi connectivity index (χ2n) is 8.45. The molecule has 0 fully saturated rings. The maximum absolute atomic E-state index is 6.30. The number of oxazole rings is 1. The minimum absolute atomic E-state index is 0.725. The second kappa shape index (κ2) is 11.9. The van der Waals surface area contributed by atoms with E-state index in [1.807, 2.05) is 23.9 Å². The van der Waals surface area contributed by atoms with Crippen LogP contribution in [0.4, 0.5) is 0 Å². The van der Waals surface area contributed by atoms with Gasteiger partial charge >= 0.3 is 0 Å². The number of rotatable bonds is 9. The monoisotopic (exact) mass is 527 g/mol. The molecule has 1 heterocycles. The van der Waals surface area contributed by atoms with Gasteiger partial charge in [-0.1, -0.05) is 97.7 Å². The molecule has 0 unspecified atom stereocenters. The zero-order chi connectivity index (χ0) is 24.7. The zero-order valence-electron chi connectivity index (χ0n) is 20.1. The van der Waals surface area contributed by atoms with Crippen molar-refractivity contribution < 1.29 is 4.42 Å². The Morgan fingerprint density at radius 2 is 1.53 bits per heavy atom. The van der Waals surface area contributed by atoms with E-state index in [9.17, 15) is 0 Å². The molecule has 0 aliphatic rings. The van der Waals surface area contributed by atoms with Crippen LogP contribution in [-0.4, -0.2) is 10.7 Å². The molecule has 0 aliphatic carbocycles. The van der Waals surface area contributed by atoms with Gasteiger partial charge in [0, 0.05) is 15.5 Å². The second-order valence-corrected chi connectivity index (χ2v) is 12.2. The van der Waals surface area contributed by atoms with E-state index in [1.165, 1.54) is 45.6 Å². The highest BCUT2D eigenvalue weighted by atomic mass is 35.5. The lowest BCUT2D eigenvalue weighted by Gasteiger charge is -2.25. The first-order valence-electron chi connectivity index (χ1n) is 12.1. The summed E-state index contributed by atoms with van der Waals surface area (Å²) in [4.78, 5) is 5.84. The molecular formula is C31H27ClNOPS. The number of hydrogen-bond donors (Lipinski definition) is 0. The maximum Gasteiger partial charge on any atom is 0.181 e. The fourth-order valence-electron chi connectivity index (χ4n) is 4.24. The van der Waals surface area contributed by atoms with E-state index in [-0.39, 0.29) is 0 Å². The van der Waals surface area contributed by atoms with Gasteiger partial charge < -0.3 is 4.42 Å². The predicted molar refractivity (Wildman–Crippen MR) is 157 cm³/mol. The van der Waals surface area contributed by atoms with Crippen molar-refractivity contribution in [2.24, 2.45) is 0 Å². The lowest BCUT2D eigenvalue weighted by Crippen LogP contribution is -2.23. The van der Waals surface area contributed by atoms with Crippen molar-refractivity contribution >= 4 is 47.2 Å². The molecule has 0 atom stereocenters. The maximum atomic E-state index is 6.30. The molecule has 36 heavy (non-hydrogen) atoms. The Bertz CT molecular complexity index is 1350. The normalized spacial score (nSPS) is 11.2. The Kier molecular flexibility index (Phi) is 8.23. The van der Waals surface area contributed by atoms with Crippen LogP contribution in [0.2, 0.25) is 5.02 Å². The van der Waals surface area contributed by atoms with Crippen molar-refractivity contribution in [3.8, 4) is 22.4 Å². The van der Waals surface area contributed by atoms with E-state index in [4.69, 9.17) is 16.0 Å². The standard InChI is InChI=1S/C31H27ClNOPS/c1-2-3-18-36-27-19-28(29-21-34-22-33-29)31(23-14-16-24(32)17-15-23)30(20-27)35(25-10-6-4-7-11-25)26-12-8-5-9-13-26/h4-17,19-22H,2-3,18H2,1H3. The van der Waals surface area contributed by atoms with Gasteiger partial charge in [0.05, 0.1) is 0 Å². The van der Waals surface area contributed by atoms with Gasteiger partial charge in [0.15, 0.2) is 6.39 Å². The molecule has 0 N–H and O–H groups in total. The first-order chi connectivity index (χ1) is 17.7. The van der Waals surface area contributed by atoms with Crippen LogP contribution in [0.25, 0.3) is 22.4 Å². The van der Waals surface area contributed by atoms with Crippen LogP contribution in [-0.2, 0) is 0 Å². The van der Waals surface area contributed by atoms with Crippen molar-refractivity contribution in [2.45, 2.75) is 24.7 Å². The van der Waals surface area contributed by atoms with Gasteiger partial charge in [-0.25, -0.2) is 4.98 Å². The van der Waals surface area contributed by atoms with Gasteiger partial charge in [-0.15, -0.1) is 11.8 Å². The van der Waals surface area contributed by atoms with Crippen molar-refractivity contribution in [1.82, 2.24) is 4.98 Å². The number of aromatic nitrogens is 1. The van der Waals surface area contributed by atoms with Gasteiger partial charge in [0.25, 0.3) is 0 Å². The summed E-state index contributed by atoms with van der Waals surface area (Å²) >= 11 is 8.22. The van der Waals surface area contributed by atoms with E-state index >= 15 is 0 Å². The van der Waals surface area contributed by atoms with Crippen LogP contribution in [0.5, 0.6) is 0 Å². The highest BCUT2D eigenvalue weighted by molar-refractivity contribution is 7.99. The van der Waals surface area contributed by atoms with Crippen LogP contribution in [0.1, 0.15) is 19.8 Å². The van der Waals surface area contributed by atoms with Crippen molar-refractivity contribution in [3.63, 3.8) is 0 Å². The lowest BCUT2D eigenvalue weighted by molar-refractivity contribution is 0.558. The molecule has 0 aliphatic heterocycles. The number of nitrogens with zero attached hydrogens (tertiary/aromatic N) is 1. The number of thioether (sulfide) groups is 1. The summed E-state index contributed by atoms with van der Waals surface area (Å²) in [5, 5.41) is 4.67. The minimum Gasteiger partial charge on any atom is -0.451 e. The first kappa shape index (κ1) is 24.8. The van der Waals surface area contributed by atoms with Crippen LogP contribution >= 0.6 is 31.3 Å². The van der Waals surface area contributed by atoms with Gasteiger partial charge in [-0.2, -0.15) is 0 Å². The predicted octanol–water partition coefficient (Wildman–Crippen LogP) is 8.31. The summed E-state index contributed by atoms with van der Waals surface area (Å²) in [6, 6.07) is 34.5. The lowest BCUT2D eigenvalue weighted by atomic mass is 9.98. The molecule has 0 amide bonds. The summed E-state index contributed by atoms with van der Waals surface area (Å²) in [6.07, 6.45) is 5.62. The Balaban J connectivity index is 1.81. The van der Waals surface area contributed by atoms with Gasteiger partial charge in [-0.05, 0) is 71.4 Å². The molecule has 0 saturated heterocycles. The van der Waals surface area contributed by atoms with E-state index in [0.717, 1.165) is 27.6 Å². The highest BCUT2D eigenvalue weighted by Gasteiger charge is 2.25. The Hall–Kier alpha value is -2.84. The van der Waals surface area contributed by atoms with Crippen LogP contribution in [0, 0.1) is 0 Å². The molecular weight excluding hydrogens is 501 g/mol. The molecule has 0 radical (unpaired) electrons. The average Bonchev–Trinajstić information content (AvgIpc) is 3.46. The fourth-order valence-corrected chi connectivity index (χ4v) is 8.06. The molecule has 0 saturated carbocycles. The van der Waals surface area contributed by atoms with E-state index in [1.54, 1.807) is 6.26 Å². The molecule has 5 heteroatoms. The van der Waals surface area contributed by atoms with Crippen LogP contribution in [0.3, 0.4) is 0 Å². The zero-order valence-corrected chi connectivity index (χ0v) is 22.6. The van der Waals surface area contributed by atoms with Crippen LogP contribution < -0.4 is 15.9 Å². The molecule has 5 rings (SSSR count). The number of unbranched alkanes of at least 4 members (excludes halogenated alkanes) is 1. The molecule has 5 aromatic rings. The van der Waals surface area contributed by atoms with Gasteiger partial charge in [-0.3, -0.25) is 0 Å². The third kappa shape index (κ3) is 5.60. The topological polar surface area (TPSA) is 26.0 Å². The third-order valence-corrected chi connectivity index (χ3v) is 9.75. The van der Waals surface area contributed by atoms with Crippen LogP contribution in [0.15, 0.2) is 119 Å². The Morgan fingerprint density at radius 3 is 2.11 bits per heavy atom. The SMILES string of the molecule is CCCCSc1cc(-c2cocn2)c(-c2ccc(Cl)cc2)c(P(c2ccccc2)c2ccccc2)c1. The summed E-state index contributed by atoms with van der Waals surface area (Å²) in [5.41, 5.74) is 4.23. The molecule has 0 bridgehead atoms. The van der Waals surface area contributed by atoms with Crippen molar-refractivity contribution in [3.05, 3.63) is 115 Å². The summed E-state index contributed by atoms with van der Waals surface area (Å²) in [5.74, 6) is 1.09. The quantitative estimate of drug-likeness (QED) is 0.109. The molecule has 180 valence electrons. The smallest absolute Gasteiger partial charge is 0.181 e. The minimum atomic E-state index is -0.830. The summed E-state index contributed by atoms with van der Waals surface area (Å²) < 4.78 is 5.45. The van der Waals surface area contributed by atoms with E-state index in [2.05, 4.69) is 96.8 Å².